The fourth-order valence-corrected chi connectivity index (χ4v) is 6.37. The molecule has 0 saturated carbocycles. The van der Waals surface area contributed by atoms with E-state index in [0.717, 1.165) is 23.9 Å². The Kier molecular flexibility index (Phi) is 9.04. The van der Waals surface area contributed by atoms with Crippen molar-refractivity contribution in [3.05, 3.63) is 87.9 Å². The third-order valence-electron chi connectivity index (χ3n) is 5.11. The van der Waals surface area contributed by atoms with Crippen LogP contribution in [0.5, 0.6) is 0 Å². The van der Waals surface area contributed by atoms with Crippen molar-refractivity contribution in [1.29, 1.82) is 0 Å². The summed E-state index contributed by atoms with van der Waals surface area (Å²) in [4.78, 5) is 4.03. The standard InChI is InChI=1S/C23H22ClF3N4O4S3/c1-14-10-21(20(11-19(14)24)36-13-16-2-6-17(7-3-16)23(25,26)27)38(34,35)31-22(28)30-12-15-4-8-18(9-5-15)37(29,32)33/h2-11H,12-13H2,1H3,(H3,28,30,31)(H2,29,32,33). The molecule has 0 aliphatic heterocycles. The number of nitrogens with one attached hydrogen (secondary N) is 1. The van der Waals surface area contributed by atoms with E-state index in [0.29, 0.717) is 21.7 Å². The second-order valence-corrected chi connectivity index (χ2v) is 12.7. The van der Waals surface area contributed by atoms with Crippen LogP contribution in [0.2, 0.25) is 5.02 Å². The van der Waals surface area contributed by atoms with Gasteiger partial charge in [0.15, 0.2) is 0 Å². The van der Waals surface area contributed by atoms with E-state index < -0.39 is 37.7 Å². The monoisotopic (exact) mass is 606 g/mol. The molecule has 204 valence electrons. The lowest BCUT2D eigenvalue weighted by molar-refractivity contribution is -0.137. The molecular weight excluding hydrogens is 585 g/mol. The maximum absolute atomic E-state index is 13.1. The summed E-state index contributed by atoms with van der Waals surface area (Å²) in [6.45, 7) is 1.57. The van der Waals surface area contributed by atoms with Gasteiger partial charge >= 0.3 is 6.18 Å². The van der Waals surface area contributed by atoms with Gasteiger partial charge in [0.25, 0.3) is 10.0 Å². The van der Waals surface area contributed by atoms with Crippen molar-refractivity contribution in [3.8, 4) is 0 Å². The van der Waals surface area contributed by atoms with E-state index in [1.807, 2.05) is 0 Å². The topological polar surface area (TPSA) is 145 Å². The summed E-state index contributed by atoms with van der Waals surface area (Å²) in [5.74, 6) is -0.232. The number of thioether (sulfide) groups is 1. The molecule has 5 N–H and O–H groups in total. The van der Waals surface area contributed by atoms with Crippen molar-refractivity contribution >= 4 is 49.4 Å². The lowest BCUT2D eigenvalue weighted by Crippen LogP contribution is -2.37. The van der Waals surface area contributed by atoms with E-state index in [2.05, 4.69) is 9.71 Å². The molecule has 0 fully saturated rings. The fourth-order valence-electron chi connectivity index (χ4n) is 3.10. The van der Waals surface area contributed by atoms with Gasteiger partial charge in [0, 0.05) is 15.7 Å². The maximum Gasteiger partial charge on any atom is 0.416 e. The maximum atomic E-state index is 13.1. The van der Waals surface area contributed by atoms with Crippen molar-refractivity contribution in [3.63, 3.8) is 0 Å². The number of nitrogens with two attached hydrogens (primary N) is 2. The first kappa shape index (κ1) is 29.8. The predicted molar refractivity (Wildman–Crippen MR) is 141 cm³/mol. The van der Waals surface area contributed by atoms with Gasteiger partial charge in [0.05, 0.1) is 17.0 Å². The van der Waals surface area contributed by atoms with Crippen LogP contribution >= 0.6 is 23.4 Å². The Morgan fingerprint density at radius 3 is 2.13 bits per heavy atom. The number of guanidine groups is 1. The van der Waals surface area contributed by atoms with Gasteiger partial charge in [0.2, 0.25) is 16.0 Å². The van der Waals surface area contributed by atoms with Crippen molar-refractivity contribution < 1.29 is 30.0 Å². The number of primary sulfonamides is 1. The zero-order chi connectivity index (χ0) is 28.3. The molecule has 3 rings (SSSR count). The van der Waals surface area contributed by atoms with Crippen LogP contribution in [0.15, 0.2) is 80.3 Å². The Morgan fingerprint density at radius 2 is 1.58 bits per heavy atom. The average Bonchev–Trinajstić information content (AvgIpc) is 2.82. The number of nitrogens with zero attached hydrogens (tertiary/aromatic N) is 1. The number of benzene rings is 3. The molecule has 0 amide bonds. The van der Waals surface area contributed by atoms with Gasteiger partial charge < -0.3 is 5.73 Å². The minimum atomic E-state index is -4.46. The van der Waals surface area contributed by atoms with Crippen molar-refractivity contribution in [2.24, 2.45) is 15.9 Å². The molecule has 3 aromatic carbocycles. The Bertz CT molecular complexity index is 1560. The van der Waals surface area contributed by atoms with Gasteiger partial charge in [-0.05, 0) is 60.0 Å². The first-order valence-corrected chi connectivity index (χ1v) is 15.0. The zero-order valence-corrected chi connectivity index (χ0v) is 22.9. The van der Waals surface area contributed by atoms with Crippen LogP contribution in [0.25, 0.3) is 0 Å². The quantitative estimate of drug-likeness (QED) is 0.197. The zero-order valence-electron chi connectivity index (χ0n) is 19.7. The Balaban J connectivity index is 1.78. The highest BCUT2D eigenvalue weighted by Gasteiger charge is 2.30. The first-order chi connectivity index (χ1) is 17.6. The van der Waals surface area contributed by atoms with Gasteiger partial charge in [0.1, 0.15) is 4.90 Å². The molecule has 15 heteroatoms. The number of halogens is 4. The van der Waals surface area contributed by atoms with Crippen LogP contribution in [0, 0.1) is 6.92 Å². The molecule has 0 saturated heterocycles. The van der Waals surface area contributed by atoms with Crippen LogP contribution < -0.4 is 15.6 Å². The summed E-state index contributed by atoms with van der Waals surface area (Å²) in [5.41, 5.74) is 6.59. The molecule has 0 aliphatic carbocycles. The van der Waals surface area contributed by atoms with Gasteiger partial charge in [-0.3, -0.25) is 0 Å². The molecule has 0 spiro atoms. The fraction of sp³-hybridized carbons (Fsp3) is 0.174. The molecule has 0 radical (unpaired) electrons. The van der Waals surface area contributed by atoms with Gasteiger partial charge in [-0.25, -0.2) is 31.7 Å². The number of alkyl halides is 3. The van der Waals surface area contributed by atoms with Crippen LogP contribution in [0.3, 0.4) is 0 Å². The molecule has 0 unspecified atom stereocenters. The summed E-state index contributed by atoms with van der Waals surface area (Å²) < 4.78 is 89.6. The van der Waals surface area contributed by atoms with Crippen molar-refractivity contribution in [2.75, 3.05) is 0 Å². The molecule has 38 heavy (non-hydrogen) atoms. The van der Waals surface area contributed by atoms with Gasteiger partial charge in [-0.15, -0.1) is 11.8 Å². The number of rotatable bonds is 8. The minimum Gasteiger partial charge on any atom is -0.369 e. The van der Waals surface area contributed by atoms with E-state index in [9.17, 15) is 30.0 Å². The highest BCUT2D eigenvalue weighted by Crippen LogP contribution is 2.35. The minimum absolute atomic E-state index is 0.0472. The van der Waals surface area contributed by atoms with Crippen molar-refractivity contribution in [2.45, 2.75) is 40.1 Å². The highest BCUT2D eigenvalue weighted by molar-refractivity contribution is 7.99. The van der Waals surface area contributed by atoms with E-state index in [1.54, 1.807) is 6.92 Å². The SMILES string of the molecule is Cc1cc(S(=O)(=O)NC(N)=NCc2ccc(S(N)(=O)=O)cc2)c(SCc2ccc(C(F)(F)F)cc2)cc1Cl. The lowest BCUT2D eigenvalue weighted by atomic mass is 10.1. The largest absolute Gasteiger partial charge is 0.416 e. The van der Waals surface area contributed by atoms with Gasteiger partial charge in [-0.1, -0.05) is 35.9 Å². The number of aryl methyl sites for hydroxylation is 1. The smallest absolute Gasteiger partial charge is 0.369 e. The number of hydrogen-bond acceptors (Lipinski definition) is 6. The number of hydrogen-bond donors (Lipinski definition) is 3. The third kappa shape index (κ3) is 7.86. The van der Waals surface area contributed by atoms with E-state index >= 15 is 0 Å². The molecule has 0 atom stereocenters. The Morgan fingerprint density at radius 1 is 1.00 bits per heavy atom. The summed E-state index contributed by atoms with van der Waals surface area (Å²) in [5, 5.41) is 5.37. The molecule has 0 bridgehead atoms. The second kappa shape index (κ2) is 11.5. The van der Waals surface area contributed by atoms with E-state index in [-0.39, 0.29) is 27.0 Å². The van der Waals surface area contributed by atoms with Crippen LogP contribution in [-0.4, -0.2) is 22.8 Å². The van der Waals surface area contributed by atoms with Crippen LogP contribution in [0.4, 0.5) is 13.2 Å². The molecular formula is C23H22ClF3N4O4S3. The first-order valence-electron chi connectivity index (χ1n) is 10.6. The van der Waals surface area contributed by atoms with Crippen LogP contribution in [-0.2, 0) is 38.5 Å². The predicted octanol–water partition coefficient (Wildman–Crippen LogP) is 4.40. The van der Waals surface area contributed by atoms with E-state index in [4.69, 9.17) is 22.5 Å². The highest BCUT2D eigenvalue weighted by atomic mass is 35.5. The molecule has 0 aromatic heterocycles. The second-order valence-electron chi connectivity index (χ2n) is 8.03. The molecule has 0 aliphatic rings. The Hall–Kier alpha value is -2.78. The van der Waals surface area contributed by atoms with Crippen LogP contribution in [0.1, 0.15) is 22.3 Å². The number of aliphatic imine (C=N–C) groups is 1. The summed E-state index contributed by atoms with van der Waals surface area (Å²) >= 11 is 7.28. The lowest BCUT2D eigenvalue weighted by Gasteiger charge is -2.14. The van der Waals surface area contributed by atoms with Crippen molar-refractivity contribution in [1.82, 2.24) is 4.72 Å². The van der Waals surface area contributed by atoms with E-state index in [1.165, 1.54) is 48.5 Å². The number of sulfonamides is 2. The normalized spacial score (nSPS) is 12.9. The summed E-state index contributed by atoms with van der Waals surface area (Å²) in [6.07, 6.45) is -4.46. The average molecular weight is 607 g/mol. The summed E-state index contributed by atoms with van der Waals surface area (Å²) in [6, 6.07) is 12.9. The van der Waals surface area contributed by atoms with Gasteiger partial charge in [-0.2, -0.15) is 13.2 Å². The Labute approximate surface area is 227 Å². The molecule has 3 aromatic rings. The third-order valence-corrected chi connectivity index (χ3v) is 9.10. The summed E-state index contributed by atoms with van der Waals surface area (Å²) in [7, 11) is -8.08. The molecule has 8 nitrogen and oxygen atoms in total. The molecule has 0 heterocycles.